The van der Waals surface area contributed by atoms with Crippen molar-refractivity contribution in [3.05, 3.63) is 98.8 Å². The summed E-state index contributed by atoms with van der Waals surface area (Å²) in [6.45, 7) is 6.07. The van der Waals surface area contributed by atoms with Gasteiger partial charge in [0.2, 0.25) is 5.91 Å². The Morgan fingerprint density at radius 2 is 1.75 bits per heavy atom. The van der Waals surface area contributed by atoms with E-state index in [4.69, 9.17) is 32.9 Å². The van der Waals surface area contributed by atoms with Crippen molar-refractivity contribution in [1.82, 2.24) is 14.9 Å². The highest BCUT2D eigenvalue weighted by molar-refractivity contribution is 6.31. The summed E-state index contributed by atoms with van der Waals surface area (Å²) < 4.78 is 7.62. The standard InChI is InChI=1S/C31H30Cl2N4O3/c1-17(2)36-29-27(35-30(36)24-16-23(40-5)13-9-20(24)14-26(38)34-4)31(39)37(25-15-22(33)10-6-18(25)3)28(29)19-7-11-21(32)12-8-19/h6-13,15-17,28H,14H2,1-5H3,(H,34,38). The number of likely N-dealkylation sites (N-methyl/N-ethyl adjacent to an activating group) is 1. The van der Waals surface area contributed by atoms with Crippen LogP contribution in [0.1, 0.15) is 58.8 Å². The summed E-state index contributed by atoms with van der Waals surface area (Å²) in [5, 5.41) is 3.83. The Bertz CT molecular complexity index is 1610. The van der Waals surface area contributed by atoms with Crippen LogP contribution in [0, 0.1) is 6.92 Å². The number of ether oxygens (including phenoxy) is 1. The topological polar surface area (TPSA) is 76.5 Å². The van der Waals surface area contributed by atoms with Crippen LogP contribution in [0.4, 0.5) is 5.69 Å². The number of benzene rings is 3. The molecule has 4 aromatic rings. The summed E-state index contributed by atoms with van der Waals surface area (Å²) in [7, 11) is 3.20. The van der Waals surface area contributed by atoms with Gasteiger partial charge in [0.25, 0.3) is 5.91 Å². The number of hydrogen-bond donors (Lipinski definition) is 1. The number of fused-ring (bicyclic) bond motifs is 1. The Morgan fingerprint density at radius 1 is 1.05 bits per heavy atom. The van der Waals surface area contributed by atoms with Crippen LogP contribution in [-0.2, 0) is 11.2 Å². The third kappa shape index (κ3) is 4.84. The van der Waals surface area contributed by atoms with Crippen molar-refractivity contribution in [1.29, 1.82) is 0 Å². The van der Waals surface area contributed by atoms with Gasteiger partial charge in [-0.2, -0.15) is 0 Å². The number of aryl methyl sites for hydroxylation is 1. The number of halogens is 2. The molecule has 1 unspecified atom stereocenters. The van der Waals surface area contributed by atoms with Gasteiger partial charge in [-0.1, -0.05) is 47.5 Å². The van der Waals surface area contributed by atoms with Gasteiger partial charge in [0, 0.05) is 34.4 Å². The van der Waals surface area contributed by atoms with Crippen LogP contribution < -0.4 is 15.0 Å². The maximum atomic E-state index is 14.3. The minimum atomic E-state index is -0.478. The Hall–Kier alpha value is -3.81. The van der Waals surface area contributed by atoms with Crippen molar-refractivity contribution in [2.45, 2.75) is 39.3 Å². The third-order valence-corrected chi connectivity index (χ3v) is 7.69. The van der Waals surface area contributed by atoms with Gasteiger partial charge in [-0.15, -0.1) is 0 Å². The van der Waals surface area contributed by atoms with E-state index in [2.05, 4.69) is 23.7 Å². The minimum Gasteiger partial charge on any atom is -0.497 e. The zero-order valence-electron chi connectivity index (χ0n) is 23.0. The first-order valence-electron chi connectivity index (χ1n) is 13.0. The number of rotatable bonds is 7. The number of nitrogens with zero attached hydrogens (tertiary/aromatic N) is 3. The Kier molecular flexibility index (Phi) is 7.62. The first-order chi connectivity index (χ1) is 19.1. The van der Waals surface area contributed by atoms with Crippen LogP contribution in [0.15, 0.2) is 60.7 Å². The molecular weight excluding hydrogens is 547 g/mol. The monoisotopic (exact) mass is 576 g/mol. The Morgan fingerprint density at radius 3 is 2.40 bits per heavy atom. The molecule has 7 nitrogen and oxygen atoms in total. The molecule has 2 heterocycles. The lowest BCUT2D eigenvalue weighted by Crippen LogP contribution is -2.31. The van der Waals surface area contributed by atoms with E-state index in [0.29, 0.717) is 33.0 Å². The van der Waals surface area contributed by atoms with Gasteiger partial charge in [-0.25, -0.2) is 4.98 Å². The van der Waals surface area contributed by atoms with E-state index in [9.17, 15) is 9.59 Å². The summed E-state index contributed by atoms with van der Waals surface area (Å²) in [6, 6.07) is 18.1. The van der Waals surface area contributed by atoms with Crippen molar-refractivity contribution in [2.75, 3.05) is 19.1 Å². The van der Waals surface area contributed by atoms with Crippen LogP contribution in [0.5, 0.6) is 5.75 Å². The molecule has 9 heteroatoms. The number of nitrogens with one attached hydrogen (secondary N) is 1. The normalized spacial score (nSPS) is 14.6. The predicted octanol–water partition coefficient (Wildman–Crippen LogP) is 6.79. The first-order valence-corrected chi connectivity index (χ1v) is 13.7. The second-order valence-electron chi connectivity index (χ2n) is 10.1. The summed E-state index contributed by atoms with van der Waals surface area (Å²) >= 11 is 12.7. The maximum absolute atomic E-state index is 14.3. The van der Waals surface area contributed by atoms with E-state index in [0.717, 1.165) is 27.9 Å². The lowest BCUT2D eigenvalue weighted by atomic mass is 10.0. The molecule has 3 aromatic carbocycles. The molecule has 40 heavy (non-hydrogen) atoms. The fourth-order valence-corrected chi connectivity index (χ4v) is 5.57. The first kappa shape index (κ1) is 27.7. The quantitative estimate of drug-likeness (QED) is 0.262. The van der Waals surface area contributed by atoms with E-state index < -0.39 is 6.04 Å². The van der Waals surface area contributed by atoms with Gasteiger partial charge in [0.1, 0.15) is 17.6 Å². The maximum Gasteiger partial charge on any atom is 0.279 e. The average Bonchev–Trinajstić information content (AvgIpc) is 3.45. The van der Waals surface area contributed by atoms with E-state index in [1.165, 1.54) is 0 Å². The number of carbonyl (C=O) groups excluding carboxylic acids is 2. The number of methoxy groups -OCH3 is 1. The van der Waals surface area contributed by atoms with Gasteiger partial charge >= 0.3 is 0 Å². The van der Waals surface area contributed by atoms with Crippen molar-refractivity contribution < 1.29 is 14.3 Å². The molecular formula is C31H30Cl2N4O3. The molecule has 5 rings (SSSR count). The highest BCUT2D eigenvalue weighted by atomic mass is 35.5. The average molecular weight is 578 g/mol. The minimum absolute atomic E-state index is 0.0617. The number of imidazole rings is 1. The Balaban J connectivity index is 1.79. The highest BCUT2D eigenvalue weighted by Crippen LogP contribution is 2.46. The molecule has 1 atom stereocenters. The van der Waals surface area contributed by atoms with Gasteiger partial charge in [0.15, 0.2) is 5.69 Å². The molecule has 206 valence electrons. The van der Waals surface area contributed by atoms with Gasteiger partial charge in [-0.3, -0.25) is 14.5 Å². The molecule has 0 saturated carbocycles. The zero-order chi connectivity index (χ0) is 28.7. The van der Waals surface area contributed by atoms with Crippen molar-refractivity contribution >= 4 is 40.7 Å². The fraction of sp³-hybridized carbons (Fsp3) is 0.258. The summed E-state index contributed by atoms with van der Waals surface area (Å²) in [5.74, 6) is 0.884. The molecule has 1 aliphatic heterocycles. The summed E-state index contributed by atoms with van der Waals surface area (Å²) in [5.41, 5.74) is 5.17. The van der Waals surface area contributed by atoms with E-state index in [1.54, 1.807) is 19.1 Å². The zero-order valence-corrected chi connectivity index (χ0v) is 24.5. The molecule has 0 spiro atoms. The predicted molar refractivity (Wildman–Crippen MR) is 159 cm³/mol. The molecule has 0 bridgehead atoms. The van der Waals surface area contributed by atoms with E-state index in [1.807, 2.05) is 67.6 Å². The number of carbonyl (C=O) groups is 2. The molecule has 0 aliphatic carbocycles. The van der Waals surface area contributed by atoms with E-state index >= 15 is 0 Å². The van der Waals surface area contributed by atoms with Crippen LogP contribution >= 0.6 is 23.2 Å². The second-order valence-corrected chi connectivity index (χ2v) is 10.9. The smallest absolute Gasteiger partial charge is 0.279 e. The van der Waals surface area contributed by atoms with Crippen LogP contribution in [-0.4, -0.2) is 35.5 Å². The molecule has 0 fully saturated rings. The lowest BCUT2D eigenvalue weighted by molar-refractivity contribution is -0.119. The van der Waals surface area contributed by atoms with Gasteiger partial charge in [0.05, 0.1) is 19.2 Å². The number of anilines is 1. The van der Waals surface area contributed by atoms with Crippen LogP contribution in [0.25, 0.3) is 11.4 Å². The lowest BCUT2D eigenvalue weighted by Gasteiger charge is -2.30. The number of aromatic nitrogens is 2. The molecule has 0 radical (unpaired) electrons. The molecule has 2 amide bonds. The van der Waals surface area contributed by atoms with E-state index in [-0.39, 0.29) is 24.3 Å². The van der Waals surface area contributed by atoms with Crippen molar-refractivity contribution in [2.24, 2.45) is 0 Å². The Labute approximate surface area is 243 Å². The molecule has 1 aromatic heterocycles. The molecule has 1 aliphatic rings. The molecule has 0 saturated heterocycles. The van der Waals surface area contributed by atoms with Crippen molar-refractivity contribution in [3.63, 3.8) is 0 Å². The van der Waals surface area contributed by atoms with Crippen molar-refractivity contribution in [3.8, 4) is 17.1 Å². The number of amides is 2. The van der Waals surface area contributed by atoms with Gasteiger partial charge in [-0.05, 0) is 73.9 Å². The SMILES string of the molecule is CNC(=O)Cc1ccc(OC)cc1-c1nc2c(n1C(C)C)C(c1ccc(Cl)cc1)N(c1cc(Cl)ccc1C)C2=O. The fourth-order valence-electron chi connectivity index (χ4n) is 5.28. The summed E-state index contributed by atoms with van der Waals surface area (Å²) in [6.07, 6.45) is 0.161. The van der Waals surface area contributed by atoms with Crippen LogP contribution in [0.2, 0.25) is 10.0 Å². The van der Waals surface area contributed by atoms with Gasteiger partial charge < -0.3 is 14.6 Å². The van der Waals surface area contributed by atoms with Crippen LogP contribution in [0.3, 0.4) is 0 Å². The molecule has 1 N–H and O–H groups in total. The number of hydrogen-bond acceptors (Lipinski definition) is 4. The largest absolute Gasteiger partial charge is 0.497 e. The third-order valence-electron chi connectivity index (χ3n) is 7.21. The second kappa shape index (κ2) is 11.0. The highest BCUT2D eigenvalue weighted by Gasteiger charge is 2.45. The summed E-state index contributed by atoms with van der Waals surface area (Å²) in [4.78, 5) is 33.4.